The van der Waals surface area contributed by atoms with E-state index in [4.69, 9.17) is 4.74 Å². The number of anilines is 1. The van der Waals surface area contributed by atoms with Crippen molar-refractivity contribution >= 4 is 17.6 Å². The Morgan fingerprint density at radius 1 is 1.12 bits per heavy atom. The molecule has 5 rings (SSSR count). The van der Waals surface area contributed by atoms with E-state index in [1.165, 1.54) is 0 Å². The number of carbonyl (C=O) groups excluding carboxylic acids is 1. The van der Waals surface area contributed by atoms with Crippen molar-refractivity contribution in [2.24, 2.45) is 4.99 Å². The second-order valence-electron chi connectivity index (χ2n) is 6.88. The van der Waals surface area contributed by atoms with E-state index in [-0.39, 0.29) is 6.03 Å². The lowest BCUT2D eigenvalue weighted by Crippen LogP contribution is -2.51. The topological polar surface area (TPSA) is 57.2 Å². The van der Waals surface area contributed by atoms with E-state index in [9.17, 15) is 4.79 Å². The Morgan fingerprint density at radius 3 is 2.73 bits per heavy atom. The third-order valence-corrected chi connectivity index (χ3v) is 5.31. The fourth-order valence-electron chi connectivity index (χ4n) is 4.09. The summed E-state index contributed by atoms with van der Waals surface area (Å²) in [6.45, 7) is 3.14. The third kappa shape index (κ3) is 2.18. The van der Waals surface area contributed by atoms with Crippen LogP contribution in [0.3, 0.4) is 0 Å². The van der Waals surface area contributed by atoms with Gasteiger partial charge >= 0.3 is 6.03 Å². The van der Waals surface area contributed by atoms with Crippen molar-refractivity contribution in [3.8, 4) is 5.75 Å². The van der Waals surface area contributed by atoms with Crippen molar-refractivity contribution < 1.29 is 9.53 Å². The Hall–Kier alpha value is -3.02. The number of amides is 2. The van der Waals surface area contributed by atoms with Gasteiger partial charge in [0.15, 0.2) is 0 Å². The molecule has 132 valence electrons. The number of fused-ring (bicyclic) bond motifs is 3. The van der Waals surface area contributed by atoms with E-state index in [1.807, 2.05) is 52.3 Å². The molecule has 1 N–H and O–H groups in total. The maximum Gasteiger partial charge on any atom is 0.326 e. The molecule has 0 bridgehead atoms. The van der Waals surface area contributed by atoms with Crippen LogP contribution in [0.1, 0.15) is 5.56 Å². The largest absolute Gasteiger partial charge is 0.488 e. The number of para-hydroxylation sites is 2. The number of urea groups is 1. The molecule has 1 atom stereocenters. The van der Waals surface area contributed by atoms with Crippen molar-refractivity contribution in [3.05, 3.63) is 60.2 Å². The molecule has 3 aliphatic heterocycles. The normalized spacial score (nSPS) is 23.8. The predicted octanol–water partition coefficient (Wildman–Crippen LogP) is 2.22. The Balaban J connectivity index is 1.60. The molecular formula is C20H20N4O2. The Labute approximate surface area is 152 Å². The average molecular weight is 348 g/mol. The van der Waals surface area contributed by atoms with E-state index >= 15 is 0 Å². The zero-order valence-electron chi connectivity index (χ0n) is 14.4. The van der Waals surface area contributed by atoms with E-state index in [0.717, 1.165) is 35.9 Å². The van der Waals surface area contributed by atoms with E-state index in [1.54, 1.807) is 0 Å². The van der Waals surface area contributed by atoms with Gasteiger partial charge in [-0.15, -0.1) is 0 Å². The Morgan fingerprint density at radius 2 is 1.92 bits per heavy atom. The molecule has 1 fully saturated rings. The van der Waals surface area contributed by atoms with Gasteiger partial charge in [0.25, 0.3) is 0 Å². The molecule has 3 heterocycles. The molecule has 1 saturated heterocycles. The second-order valence-corrected chi connectivity index (χ2v) is 6.88. The minimum atomic E-state index is -0.522. The lowest BCUT2D eigenvalue weighted by Gasteiger charge is -2.41. The third-order valence-electron chi connectivity index (χ3n) is 5.31. The number of carbonyl (C=O) groups is 1. The van der Waals surface area contributed by atoms with Crippen LogP contribution in [-0.4, -0.2) is 49.6 Å². The first kappa shape index (κ1) is 15.3. The summed E-state index contributed by atoms with van der Waals surface area (Å²) >= 11 is 0. The fraction of sp³-hybridized carbons (Fsp3) is 0.300. The average Bonchev–Trinajstić information content (AvgIpc) is 3.30. The molecule has 1 unspecified atom stereocenters. The minimum Gasteiger partial charge on any atom is -0.488 e. The highest BCUT2D eigenvalue weighted by atomic mass is 16.5. The lowest BCUT2D eigenvalue weighted by molar-refractivity contribution is 0.199. The first-order valence-corrected chi connectivity index (χ1v) is 8.92. The summed E-state index contributed by atoms with van der Waals surface area (Å²) < 4.78 is 6.10. The molecule has 2 amide bonds. The summed E-state index contributed by atoms with van der Waals surface area (Å²) in [5.41, 5.74) is 1.40. The number of benzene rings is 2. The summed E-state index contributed by atoms with van der Waals surface area (Å²) in [5.74, 6) is 1.64. The van der Waals surface area contributed by atoms with Crippen molar-refractivity contribution in [3.63, 3.8) is 0 Å². The van der Waals surface area contributed by atoms with Gasteiger partial charge in [0, 0.05) is 6.54 Å². The van der Waals surface area contributed by atoms with E-state index in [2.05, 4.69) is 22.4 Å². The van der Waals surface area contributed by atoms with Crippen LogP contribution >= 0.6 is 0 Å². The number of nitrogens with zero attached hydrogens (tertiary/aromatic N) is 3. The van der Waals surface area contributed by atoms with Gasteiger partial charge in [0.1, 0.15) is 23.7 Å². The zero-order chi connectivity index (χ0) is 17.6. The highest BCUT2D eigenvalue weighted by Gasteiger charge is 2.55. The van der Waals surface area contributed by atoms with Crippen molar-refractivity contribution in [2.45, 2.75) is 5.54 Å². The monoisotopic (exact) mass is 348 g/mol. The van der Waals surface area contributed by atoms with E-state index < -0.39 is 5.54 Å². The van der Waals surface area contributed by atoms with Crippen LogP contribution < -0.4 is 15.0 Å². The first-order valence-electron chi connectivity index (χ1n) is 8.92. The van der Waals surface area contributed by atoms with Crippen LogP contribution in [0.5, 0.6) is 5.75 Å². The van der Waals surface area contributed by atoms with Crippen molar-refractivity contribution in [1.29, 1.82) is 0 Å². The molecule has 2 aromatic rings. The standard InChI is InChI=1S/C20H20N4O2/c25-19-23(12-18-21-10-11-22-18)13-20(15-6-2-1-3-7-15)14-26-17-9-5-4-8-16(17)24(19)20/h1-9H,10-14H2,(H,21,22). The van der Waals surface area contributed by atoms with E-state index in [0.29, 0.717) is 19.7 Å². The van der Waals surface area contributed by atoms with Crippen LogP contribution in [-0.2, 0) is 5.54 Å². The van der Waals surface area contributed by atoms with Gasteiger partial charge in [-0.1, -0.05) is 42.5 Å². The summed E-state index contributed by atoms with van der Waals surface area (Å²) in [7, 11) is 0. The van der Waals surface area contributed by atoms with Crippen molar-refractivity contribution in [2.75, 3.05) is 37.7 Å². The molecular weight excluding hydrogens is 328 g/mol. The lowest BCUT2D eigenvalue weighted by atomic mass is 9.88. The van der Waals surface area contributed by atoms with Gasteiger partial charge in [-0.25, -0.2) is 4.79 Å². The van der Waals surface area contributed by atoms with Gasteiger partial charge in [0.2, 0.25) is 0 Å². The Bertz CT molecular complexity index is 882. The van der Waals surface area contributed by atoms with Gasteiger partial charge in [-0.05, 0) is 17.7 Å². The number of amidine groups is 1. The number of rotatable bonds is 3. The Kier molecular flexibility index (Phi) is 3.38. The molecule has 6 heteroatoms. The molecule has 0 aromatic heterocycles. The molecule has 26 heavy (non-hydrogen) atoms. The summed E-state index contributed by atoms with van der Waals surface area (Å²) in [6.07, 6.45) is 0. The number of aliphatic imine (C=N–C) groups is 1. The fourth-order valence-corrected chi connectivity index (χ4v) is 4.09. The summed E-state index contributed by atoms with van der Waals surface area (Å²) in [6, 6.07) is 17.9. The number of ether oxygens (including phenoxy) is 1. The first-order chi connectivity index (χ1) is 12.8. The van der Waals surface area contributed by atoms with Gasteiger partial charge in [0.05, 0.1) is 25.3 Å². The van der Waals surface area contributed by atoms with Gasteiger partial charge in [-0.3, -0.25) is 9.89 Å². The molecule has 2 aromatic carbocycles. The SMILES string of the molecule is O=C1N(CC2=NCCN2)CC2(c3ccccc3)COc3ccccc3N12. The molecule has 6 nitrogen and oxygen atoms in total. The van der Waals surface area contributed by atoms with Gasteiger partial charge < -0.3 is 15.0 Å². The molecule has 0 saturated carbocycles. The summed E-state index contributed by atoms with van der Waals surface area (Å²) in [5, 5.41) is 3.26. The predicted molar refractivity (Wildman–Crippen MR) is 99.8 cm³/mol. The van der Waals surface area contributed by atoms with Crippen LogP contribution in [0.25, 0.3) is 0 Å². The van der Waals surface area contributed by atoms with Crippen LogP contribution in [0.4, 0.5) is 10.5 Å². The maximum atomic E-state index is 13.4. The second kappa shape index (κ2) is 5.76. The molecule has 0 spiro atoms. The smallest absolute Gasteiger partial charge is 0.326 e. The quantitative estimate of drug-likeness (QED) is 0.925. The van der Waals surface area contributed by atoms with Gasteiger partial charge in [-0.2, -0.15) is 0 Å². The maximum absolute atomic E-state index is 13.4. The van der Waals surface area contributed by atoms with Crippen LogP contribution in [0.15, 0.2) is 59.6 Å². The highest BCUT2D eigenvalue weighted by molar-refractivity contribution is 6.01. The van der Waals surface area contributed by atoms with Crippen LogP contribution in [0, 0.1) is 0 Å². The summed E-state index contributed by atoms with van der Waals surface area (Å²) in [4.78, 5) is 21.6. The minimum absolute atomic E-state index is 0.000929. The molecule has 3 aliphatic rings. The zero-order valence-corrected chi connectivity index (χ0v) is 14.4. The highest BCUT2D eigenvalue weighted by Crippen LogP contribution is 2.47. The molecule has 0 radical (unpaired) electrons. The van der Waals surface area contributed by atoms with Crippen molar-refractivity contribution in [1.82, 2.24) is 10.2 Å². The number of hydrogen-bond acceptors (Lipinski definition) is 4. The number of nitrogens with one attached hydrogen (secondary N) is 1. The molecule has 0 aliphatic carbocycles. The van der Waals surface area contributed by atoms with Crippen LogP contribution in [0.2, 0.25) is 0 Å². The number of hydrogen-bond donors (Lipinski definition) is 1.